The van der Waals surface area contributed by atoms with Crippen LogP contribution in [0.3, 0.4) is 0 Å². The average Bonchev–Trinajstić information content (AvgIpc) is 2.90. The van der Waals surface area contributed by atoms with Crippen LogP contribution in [-0.4, -0.2) is 28.1 Å². The van der Waals surface area contributed by atoms with Gasteiger partial charge in [-0.2, -0.15) is 0 Å². The third kappa shape index (κ3) is 2.73. The molecule has 0 aromatic heterocycles. The summed E-state index contributed by atoms with van der Waals surface area (Å²) in [6.45, 7) is 2.56. The van der Waals surface area contributed by atoms with Crippen molar-refractivity contribution in [3.05, 3.63) is 59.7 Å². The van der Waals surface area contributed by atoms with Crippen LogP contribution in [-0.2, 0) is 16.4 Å². The van der Waals surface area contributed by atoms with Crippen molar-refractivity contribution in [1.82, 2.24) is 5.32 Å². The quantitative estimate of drug-likeness (QED) is 0.925. The molecule has 2 heterocycles. The van der Waals surface area contributed by atoms with E-state index < -0.39 is 10.0 Å². The molecule has 0 spiro atoms. The van der Waals surface area contributed by atoms with Gasteiger partial charge < -0.3 is 5.32 Å². The molecule has 2 aromatic carbocycles. The zero-order valence-electron chi connectivity index (χ0n) is 12.6. The monoisotopic (exact) mass is 350 g/mol. The van der Waals surface area contributed by atoms with E-state index in [1.807, 2.05) is 12.1 Å². The highest BCUT2D eigenvalue weighted by Crippen LogP contribution is 2.35. The van der Waals surface area contributed by atoms with Crippen LogP contribution in [0.1, 0.15) is 17.0 Å². The molecule has 122 valence electrons. The Kier molecular flexibility index (Phi) is 4.36. The normalized spacial score (nSPS) is 17.3. The molecule has 0 atom stereocenters. The van der Waals surface area contributed by atoms with Crippen LogP contribution in [0.5, 0.6) is 0 Å². The van der Waals surface area contributed by atoms with Crippen LogP contribution in [0, 0.1) is 0 Å². The first-order chi connectivity index (χ1) is 10.7. The van der Waals surface area contributed by atoms with Crippen LogP contribution in [0.2, 0.25) is 0 Å². The van der Waals surface area contributed by atoms with E-state index >= 15 is 0 Å². The standard InChI is InChI=1S/C17H18N2O2S.ClH/c20-22(21,16-4-2-1-3-5-16)19-9-8-14-10-13(6-7-17(14)19)15-11-18-12-15;/h1-7,10,15,18H,8-9,11-12H2;1H. The Balaban J connectivity index is 0.00000156. The molecule has 0 unspecified atom stereocenters. The van der Waals surface area contributed by atoms with Crippen LogP contribution >= 0.6 is 12.4 Å². The van der Waals surface area contributed by atoms with Gasteiger partial charge in [-0.1, -0.05) is 30.3 Å². The molecule has 4 rings (SSSR count). The second-order valence-corrected chi connectivity index (χ2v) is 7.75. The molecule has 0 aliphatic carbocycles. The molecule has 2 aromatic rings. The van der Waals surface area contributed by atoms with E-state index in [-0.39, 0.29) is 12.4 Å². The van der Waals surface area contributed by atoms with Gasteiger partial charge in [0, 0.05) is 25.6 Å². The van der Waals surface area contributed by atoms with Crippen molar-refractivity contribution in [2.45, 2.75) is 17.2 Å². The molecule has 6 heteroatoms. The van der Waals surface area contributed by atoms with Crippen molar-refractivity contribution in [3.8, 4) is 0 Å². The maximum Gasteiger partial charge on any atom is 0.264 e. The summed E-state index contributed by atoms with van der Waals surface area (Å²) in [5.41, 5.74) is 3.29. The minimum Gasteiger partial charge on any atom is -0.315 e. The van der Waals surface area contributed by atoms with E-state index in [1.54, 1.807) is 28.6 Å². The fourth-order valence-corrected chi connectivity index (χ4v) is 4.66. The number of anilines is 1. The smallest absolute Gasteiger partial charge is 0.264 e. The maximum atomic E-state index is 12.8. The Hall–Kier alpha value is -1.56. The second-order valence-electron chi connectivity index (χ2n) is 5.88. The number of nitrogens with zero attached hydrogens (tertiary/aromatic N) is 1. The highest BCUT2D eigenvalue weighted by atomic mass is 35.5. The molecule has 2 aliphatic rings. The minimum atomic E-state index is -3.46. The molecule has 0 amide bonds. The Bertz CT molecular complexity index is 805. The molecule has 1 fully saturated rings. The molecule has 2 aliphatic heterocycles. The Labute approximate surface area is 143 Å². The summed E-state index contributed by atoms with van der Waals surface area (Å²) in [7, 11) is -3.46. The lowest BCUT2D eigenvalue weighted by atomic mass is 9.92. The van der Waals surface area contributed by atoms with E-state index in [1.165, 1.54) is 5.56 Å². The third-order valence-electron chi connectivity index (χ3n) is 4.54. The highest BCUT2D eigenvalue weighted by Gasteiger charge is 2.31. The molecule has 1 N–H and O–H groups in total. The number of rotatable bonds is 3. The summed E-state index contributed by atoms with van der Waals surface area (Å²) in [6, 6.07) is 14.9. The summed E-state index contributed by atoms with van der Waals surface area (Å²) in [6.07, 6.45) is 0.787. The second kappa shape index (κ2) is 6.15. The summed E-state index contributed by atoms with van der Waals surface area (Å²) in [5, 5.41) is 3.28. The van der Waals surface area contributed by atoms with Gasteiger partial charge in [-0.3, -0.25) is 4.31 Å². The van der Waals surface area contributed by atoms with Crippen molar-refractivity contribution < 1.29 is 8.42 Å². The number of halogens is 1. The lowest BCUT2D eigenvalue weighted by Crippen LogP contribution is -2.39. The van der Waals surface area contributed by atoms with E-state index in [4.69, 9.17) is 0 Å². The third-order valence-corrected chi connectivity index (χ3v) is 6.37. The SMILES string of the molecule is Cl.O=S(=O)(c1ccccc1)N1CCc2cc(C3CNC3)ccc21. The molecule has 0 bridgehead atoms. The molecule has 0 radical (unpaired) electrons. The molecule has 1 saturated heterocycles. The Morgan fingerprint density at radius 2 is 1.78 bits per heavy atom. The molecular formula is C17H19ClN2O2S. The summed E-state index contributed by atoms with van der Waals surface area (Å²) < 4.78 is 27.1. The van der Waals surface area contributed by atoms with E-state index in [0.717, 1.165) is 30.8 Å². The molecule has 23 heavy (non-hydrogen) atoms. The summed E-state index contributed by atoms with van der Waals surface area (Å²) in [5.74, 6) is 0.574. The van der Waals surface area contributed by atoms with Gasteiger partial charge >= 0.3 is 0 Å². The molecule has 4 nitrogen and oxygen atoms in total. The van der Waals surface area contributed by atoms with E-state index in [0.29, 0.717) is 17.4 Å². The average molecular weight is 351 g/mol. The lowest BCUT2D eigenvalue weighted by molar-refractivity contribution is 0.448. The molecule has 0 saturated carbocycles. The van der Waals surface area contributed by atoms with Crippen molar-refractivity contribution in [2.75, 3.05) is 23.9 Å². The van der Waals surface area contributed by atoms with Crippen LogP contribution < -0.4 is 9.62 Å². The maximum absolute atomic E-state index is 12.8. The fourth-order valence-electron chi connectivity index (χ4n) is 3.14. The largest absolute Gasteiger partial charge is 0.315 e. The van der Waals surface area contributed by atoms with Gasteiger partial charge in [-0.05, 0) is 35.7 Å². The molecular weight excluding hydrogens is 332 g/mol. The van der Waals surface area contributed by atoms with Crippen LogP contribution in [0.25, 0.3) is 0 Å². The Morgan fingerprint density at radius 3 is 2.43 bits per heavy atom. The van der Waals surface area contributed by atoms with E-state index in [2.05, 4.69) is 17.4 Å². The minimum absolute atomic E-state index is 0. The number of hydrogen-bond acceptors (Lipinski definition) is 3. The number of nitrogens with one attached hydrogen (secondary N) is 1. The van der Waals surface area contributed by atoms with Gasteiger partial charge in [0.15, 0.2) is 0 Å². The first-order valence-electron chi connectivity index (χ1n) is 7.57. The van der Waals surface area contributed by atoms with Gasteiger partial charge in [0.1, 0.15) is 0 Å². The van der Waals surface area contributed by atoms with Gasteiger partial charge in [-0.25, -0.2) is 8.42 Å². The first-order valence-corrected chi connectivity index (χ1v) is 9.01. The first kappa shape index (κ1) is 16.3. The number of fused-ring (bicyclic) bond motifs is 1. The van der Waals surface area contributed by atoms with Crippen LogP contribution in [0.4, 0.5) is 5.69 Å². The number of hydrogen-bond donors (Lipinski definition) is 1. The van der Waals surface area contributed by atoms with Gasteiger partial charge in [0.05, 0.1) is 10.6 Å². The number of sulfonamides is 1. The topological polar surface area (TPSA) is 49.4 Å². The van der Waals surface area contributed by atoms with Crippen molar-refractivity contribution in [1.29, 1.82) is 0 Å². The zero-order chi connectivity index (χ0) is 15.2. The predicted octanol–water partition coefficient (Wildman–Crippen LogP) is 2.55. The predicted molar refractivity (Wildman–Crippen MR) is 94.0 cm³/mol. The summed E-state index contributed by atoms with van der Waals surface area (Å²) in [4.78, 5) is 0.357. The number of benzene rings is 2. The van der Waals surface area contributed by atoms with Gasteiger partial charge in [0.25, 0.3) is 10.0 Å². The van der Waals surface area contributed by atoms with Gasteiger partial charge in [-0.15, -0.1) is 12.4 Å². The summed E-state index contributed by atoms with van der Waals surface area (Å²) >= 11 is 0. The van der Waals surface area contributed by atoms with Crippen molar-refractivity contribution in [2.24, 2.45) is 0 Å². The van der Waals surface area contributed by atoms with Crippen molar-refractivity contribution >= 4 is 28.1 Å². The van der Waals surface area contributed by atoms with Gasteiger partial charge in [0.2, 0.25) is 0 Å². The Morgan fingerprint density at radius 1 is 1.04 bits per heavy atom. The fraction of sp³-hybridized carbons (Fsp3) is 0.294. The lowest BCUT2D eigenvalue weighted by Gasteiger charge is -2.28. The zero-order valence-corrected chi connectivity index (χ0v) is 14.2. The van der Waals surface area contributed by atoms with Crippen molar-refractivity contribution in [3.63, 3.8) is 0 Å². The van der Waals surface area contributed by atoms with Crippen LogP contribution in [0.15, 0.2) is 53.4 Å². The van der Waals surface area contributed by atoms with E-state index in [9.17, 15) is 8.42 Å². The highest BCUT2D eigenvalue weighted by molar-refractivity contribution is 7.92.